The predicted molar refractivity (Wildman–Crippen MR) is 109 cm³/mol. The predicted octanol–water partition coefficient (Wildman–Crippen LogP) is 5.21. The molecule has 0 aliphatic heterocycles. The summed E-state index contributed by atoms with van der Waals surface area (Å²) in [7, 11) is 0. The van der Waals surface area contributed by atoms with Crippen molar-refractivity contribution in [2.45, 2.75) is 59.8 Å². The Bertz CT molecular complexity index is 491. The second kappa shape index (κ2) is 12.3. The molecule has 0 saturated carbocycles. The summed E-state index contributed by atoms with van der Waals surface area (Å²) in [4.78, 5) is 0. The lowest BCUT2D eigenvalue weighted by molar-refractivity contribution is 0.0928. The third-order valence-corrected chi connectivity index (χ3v) is 4.66. The number of hydrogen-bond donors (Lipinski definition) is 2. The third kappa shape index (κ3) is 8.65. The molecular weight excluding hydrogens is 316 g/mol. The Labute approximate surface area is 153 Å². The Kier molecular flexibility index (Phi) is 10.7. The van der Waals surface area contributed by atoms with E-state index in [1.54, 1.807) is 0 Å². The molecule has 136 valence electrons. The summed E-state index contributed by atoms with van der Waals surface area (Å²) in [5.74, 6) is 0.713. The molecule has 24 heavy (non-hydrogen) atoms. The molecule has 1 aromatic rings. The van der Waals surface area contributed by atoms with Gasteiger partial charge in [0.05, 0.1) is 0 Å². The lowest BCUT2D eigenvalue weighted by Crippen LogP contribution is -2.30. The van der Waals surface area contributed by atoms with Crippen LogP contribution in [0.15, 0.2) is 18.2 Å². The molecule has 4 heteroatoms. The highest BCUT2D eigenvalue weighted by molar-refractivity contribution is 7.80. The molecule has 1 aromatic carbocycles. The van der Waals surface area contributed by atoms with Gasteiger partial charge in [0, 0.05) is 25.4 Å². The van der Waals surface area contributed by atoms with Crippen molar-refractivity contribution in [3.8, 4) is 0 Å². The Hall–Kier alpha value is -1.13. The van der Waals surface area contributed by atoms with Gasteiger partial charge in [-0.1, -0.05) is 39.2 Å². The molecule has 1 atom stereocenters. The molecule has 0 bridgehead atoms. The second-order valence-electron chi connectivity index (χ2n) is 6.52. The minimum Gasteiger partial charge on any atom is -0.381 e. The van der Waals surface area contributed by atoms with Crippen LogP contribution >= 0.6 is 12.2 Å². The number of benzene rings is 1. The van der Waals surface area contributed by atoms with Crippen LogP contribution in [0.25, 0.3) is 0 Å². The van der Waals surface area contributed by atoms with Gasteiger partial charge in [0.2, 0.25) is 0 Å². The maximum Gasteiger partial charge on any atom is 0.170 e. The number of ether oxygens (including phenoxy) is 1. The van der Waals surface area contributed by atoms with E-state index >= 15 is 0 Å². The van der Waals surface area contributed by atoms with E-state index in [4.69, 9.17) is 17.0 Å². The maximum atomic E-state index is 5.81. The molecule has 2 N–H and O–H groups in total. The highest BCUT2D eigenvalue weighted by atomic mass is 32.1. The van der Waals surface area contributed by atoms with Gasteiger partial charge in [-0.3, -0.25) is 0 Å². The number of hydrogen-bond acceptors (Lipinski definition) is 2. The first kappa shape index (κ1) is 20.9. The Morgan fingerprint density at radius 1 is 1.17 bits per heavy atom. The highest BCUT2D eigenvalue weighted by Crippen LogP contribution is 2.14. The number of unbranched alkanes of at least 4 members (excludes halogenated alkanes) is 1. The summed E-state index contributed by atoms with van der Waals surface area (Å²) in [6.07, 6.45) is 6.05. The highest BCUT2D eigenvalue weighted by Gasteiger charge is 2.05. The van der Waals surface area contributed by atoms with Gasteiger partial charge in [-0.15, -0.1) is 0 Å². The number of anilines is 1. The third-order valence-electron chi connectivity index (χ3n) is 4.41. The number of thiocarbonyl (C=S) groups is 1. The van der Waals surface area contributed by atoms with Crippen LogP contribution in [-0.2, 0) is 4.74 Å². The molecule has 0 aliphatic rings. The molecular formula is C20H34N2OS. The van der Waals surface area contributed by atoms with E-state index < -0.39 is 0 Å². The van der Waals surface area contributed by atoms with Crippen LogP contribution in [0, 0.1) is 19.8 Å². The van der Waals surface area contributed by atoms with Crippen LogP contribution in [-0.4, -0.2) is 24.9 Å². The summed E-state index contributed by atoms with van der Waals surface area (Å²) >= 11 is 5.34. The molecule has 0 aliphatic carbocycles. The Balaban J connectivity index is 2.12. The standard InChI is InChI=1S/C20H34N2OS/c1-5-7-9-18(6-2)15-23-13-8-12-21-20(24)22-19-11-10-16(3)17(4)14-19/h10-11,14,18H,5-9,12-13,15H2,1-4H3,(H2,21,22,24). The SMILES string of the molecule is CCCCC(CC)COCCCNC(=S)Nc1ccc(C)c(C)c1. The summed E-state index contributed by atoms with van der Waals surface area (Å²) in [6.45, 7) is 11.2. The van der Waals surface area contributed by atoms with E-state index in [-0.39, 0.29) is 0 Å². The van der Waals surface area contributed by atoms with Crippen molar-refractivity contribution in [3.63, 3.8) is 0 Å². The van der Waals surface area contributed by atoms with Crippen molar-refractivity contribution in [1.29, 1.82) is 0 Å². The van der Waals surface area contributed by atoms with Crippen LogP contribution in [0.1, 0.15) is 57.1 Å². The monoisotopic (exact) mass is 350 g/mol. The van der Waals surface area contributed by atoms with Crippen molar-refractivity contribution in [2.75, 3.05) is 25.1 Å². The molecule has 0 radical (unpaired) electrons. The van der Waals surface area contributed by atoms with E-state index in [1.807, 2.05) is 0 Å². The molecule has 1 rings (SSSR count). The minimum atomic E-state index is 0.674. The van der Waals surface area contributed by atoms with Crippen LogP contribution < -0.4 is 10.6 Å². The normalized spacial score (nSPS) is 12.0. The maximum absolute atomic E-state index is 5.81. The van der Waals surface area contributed by atoms with Crippen LogP contribution in [0.2, 0.25) is 0 Å². The zero-order valence-corrected chi connectivity index (χ0v) is 16.6. The summed E-state index contributed by atoms with van der Waals surface area (Å²) in [6, 6.07) is 6.28. The fraction of sp³-hybridized carbons (Fsp3) is 0.650. The molecule has 0 fully saturated rings. The zero-order valence-electron chi connectivity index (χ0n) is 15.8. The molecule has 0 aromatic heterocycles. The van der Waals surface area contributed by atoms with Crippen molar-refractivity contribution in [1.82, 2.24) is 5.32 Å². The lowest BCUT2D eigenvalue weighted by Gasteiger charge is -2.15. The van der Waals surface area contributed by atoms with Crippen molar-refractivity contribution in [2.24, 2.45) is 5.92 Å². The van der Waals surface area contributed by atoms with Gasteiger partial charge < -0.3 is 15.4 Å². The Morgan fingerprint density at radius 2 is 1.96 bits per heavy atom. The van der Waals surface area contributed by atoms with E-state index in [2.05, 4.69) is 56.5 Å². The van der Waals surface area contributed by atoms with Crippen molar-refractivity contribution < 1.29 is 4.74 Å². The molecule has 0 amide bonds. The summed E-state index contributed by atoms with van der Waals surface area (Å²) in [5.41, 5.74) is 3.60. The van der Waals surface area contributed by atoms with E-state index in [1.165, 1.54) is 36.8 Å². The number of rotatable bonds is 11. The minimum absolute atomic E-state index is 0.674. The smallest absolute Gasteiger partial charge is 0.170 e. The molecule has 0 saturated heterocycles. The average molecular weight is 351 g/mol. The van der Waals surface area contributed by atoms with Gasteiger partial charge in [0.25, 0.3) is 0 Å². The zero-order chi connectivity index (χ0) is 17.8. The summed E-state index contributed by atoms with van der Waals surface area (Å²) < 4.78 is 5.81. The van der Waals surface area contributed by atoms with Gasteiger partial charge in [-0.05, 0) is 68.1 Å². The van der Waals surface area contributed by atoms with E-state index in [0.717, 1.165) is 31.9 Å². The van der Waals surface area contributed by atoms with Crippen molar-refractivity contribution in [3.05, 3.63) is 29.3 Å². The molecule has 0 heterocycles. The van der Waals surface area contributed by atoms with E-state index in [0.29, 0.717) is 11.0 Å². The molecule has 3 nitrogen and oxygen atoms in total. The summed E-state index contributed by atoms with van der Waals surface area (Å²) in [5, 5.41) is 7.15. The fourth-order valence-corrected chi connectivity index (χ4v) is 2.74. The van der Waals surface area contributed by atoms with Gasteiger partial charge >= 0.3 is 0 Å². The van der Waals surface area contributed by atoms with Gasteiger partial charge in [-0.25, -0.2) is 0 Å². The fourth-order valence-electron chi connectivity index (χ4n) is 2.52. The van der Waals surface area contributed by atoms with Gasteiger partial charge in [0.15, 0.2) is 5.11 Å². The van der Waals surface area contributed by atoms with Crippen molar-refractivity contribution >= 4 is 23.0 Å². The average Bonchev–Trinajstić information content (AvgIpc) is 2.57. The van der Waals surface area contributed by atoms with Crippen LogP contribution in [0.5, 0.6) is 0 Å². The quantitative estimate of drug-likeness (QED) is 0.424. The second-order valence-corrected chi connectivity index (χ2v) is 6.93. The number of aryl methyl sites for hydroxylation is 2. The van der Waals surface area contributed by atoms with E-state index in [9.17, 15) is 0 Å². The molecule has 1 unspecified atom stereocenters. The van der Waals surface area contributed by atoms with Gasteiger partial charge in [-0.2, -0.15) is 0 Å². The lowest BCUT2D eigenvalue weighted by atomic mass is 10.0. The Morgan fingerprint density at radius 3 is 2.62 bits per heavy atom. The first-order valence-corrected chi connectivity index (χ1v) is 9.67. The first-order valence-electron chi connectivity index (χ1n) is 9.26. The van der Waals surface area contributed by atoms with Gasteiger partial charge in [0.1, 0.15) is 0 Å². The topological polar surface area (TPSA) is 33.3 Å². The molecule has 0 spiro atoms. The van der Waals surface area contributed by atoms with Crippen LogP contribution in [0.4, 0.5) is 5.69 Å². The first-order chi connectivity index (χ1) is 11.6. The van der Waals surface area contributed by atoms with Crippen LogP contribution in [0.3, 0.4) is 0 Å². The largest absolute Gasteiger partial charge is 0.381 e. The number of nitrogens with one attached hydrogen (secondary N) is 2.